The van der Waals surface area contributed by atoms with Crippen LogP contribution in [-0.4, -0.2) is 109 Å². The number of fused-ring (bicyclic) bond motifs is 1. The van der Waals surface area contributed by atoms with Crippen LogP contribution in [0, 0.1) is 11.8 Å². The Morgan fingerprint density at radius 2 is 1.62 bits per heavy atom. The van der Waals surface area contributed by atoms with Gasteiger partial charge in [0.15, 0.2) is 6.29 Å². The first-order valence-corrected chi connectivity index (χ1v) is 8.23. The van der Waals surface area contributed by atoms with Crippen LogP contribution in [0.4, 0.5) is 0 Å². The monoisotopic (exact) mass is 380 g/mol. The second-order valence-corrected chi connectivity index (χ2v) is 6.85. The summed E-state index contributed by atoms with van der Waals surface area (Å²) in [7, 11) is 0. The van der Waals surface area contributed by atoms with Crippen LogP contribution in [0.1, 0.15) is 0 Å². The molecule has 1 saturated heterocycles. The van der Waals surface area contributed by atoms with Crippen molar-refractivity contribution in [2.45, 2.75) is 54.8 Å². The predicted molar refractivity (Wildman–Crippen MR) is 79.9 cm³/mol. The van der Waals surface area contributed by atoms with E-state index in [0.29, 0.717) is 0 Å². The standard InChI is InChI=1S/C15H24O11/c16-3-6-9(19)10(20)11(21)14(25-6)26-13-7-5(1-2-24-13)8(18)12(22)15(7,23)4-17/h1-2,5-14,16-23H,3-4H2/t5-,6+,7-,8+,9+,10+,11+,12+,13+,14+,15-/m1/s1. The topological polar surface area (TPSA) is 190 Å². The first-order chi connectivity index (χ1) is 12.3. The van der Waals surface area contributed by atoms with Gasteiger partial charge in [-0.1, -0.05) is 0 Å². The van der Waals surface area contributed by atoms with E-state index in [9.17, 15) is 40.9 Å². The van der Waals surface area contributed by atoms with Crippen molar-refractivity contribution in [2.24, 2.45) is 11.8 Å². The Balaban J connectivity index is 1.82. The molecule has 0 aromatic heterocycles. The summed E-state index contributed by atoms with van der Waals surface area (Å²) in [6.45, 7) is -1.54. The van der Waals surface area contributed by atoms with Crippen molar-refractivity contribution in [1.82, 2.24) is 0 Å². The summed E-state index contributed by atoms with van der Waals surface area (Å²) in [5.41, 5.74) is -2.15. The largest absolute Gasteiger partial charge is 0.472 e. The molecule has 0 aromatic rings. The fourth-order valence-corrected chi connectivity index (χ4v) is 3.83. The summed E-state index contributed by atoms with van der Waals surface area (Å²) >= 11 is 0. The van der Waals surface area contributed by atoms with Gasteiger partial charge in [0.25, 0.3) is 0 Å². The van der Waals surface area contributed by atoms with Gasteiger partial charge in [-0.3, -0.25) is 0 Å². The highest BCUT2D eigenvalue weighted by Gasteiger charge is 2.63. The highest BCUT2D eigenvalue weighted by atomic mass is 16.8. The van der Waals surface area contributed by atoms with Gasteiger partial charge in [-0.25, -0.2) is 0 Å². The van der Waals surface area contributed by atoms with Crippen molar-refractivity contribution >= 4 is 0 Å². The maximum absolute atomic E-state index is 10.6. The Labute approximate surface area is 148 Å². The van der Waals surface area contributed by atoms with Crippen LogP contribution in [0.3, 0.4) is 0 Å². The molecule has 3 rings (SSSR count). The van der Waals surface area contributed by atoms with Crippen LogP contribution >= 0.6 is 0 Å². The summed E-state index contributed by atoms with van der Waals surface area (Å²) < 4.78 is 16.0. The van der Waals surface area contributed by atoms with Gasteiger partial charge in [0.1, 0.15) is 36.1 Å². The molecule has 11 nitrogen and oxygen atoms in total. The lowest BCUT2D eigenvalue weighted by molar-refractivity contribution is -0.348. The van der Waals surface area contributed by atoms with Crippen LogP contribution in [0.5, 0.6) is 0 Å². The van der Waals surface area contributed by atoms with E-state index in [2.05, 4.69) is 0 Å². The lowest BCUT2D eigenvalue weighted by atomic mass is 9.83. The maximum atomic E-state index is 10.6. The molecule has 0 unspecified atom stereocenters. The van der Waals surface area contributed by atoms with Crippen molar-refractivity contribution in [3.63, 3.8) is 0 Å². The van der Waals surface area contributed by atoms with E-state index >= 15 is 0 Å². The van der Waals surface area contributed by atoms with Gasteiger partial charge < -0.3 is 55.1 Å². The molecule has 150 valence electrons. The molecule has 0 spiro atoms. The summed E-state index contributed by atoms with van der Waals surface area (Å²) in [6.07, 6.45) is -9.53. The third kappa shape index (κ3) is 2.94. The van der Waals surface area contributed by atoms with Crippen molar-refractivity contribution < 1.29 is 55.1 Å². The SMILES string of the molecule is OC[C@@H]1O[C@@H](O[C@@H]2OC=C[C@H]3[C@H](O)[C@H](O)[C@@](O)(CO)[C@@H]23)[C@@H](O)[C@@H](O)[C@H]1O. The molecule has 0 radical (unpaired) electrons. The smallest absolute Gasteiger partial charge is 0.208 e. The number of rotatable bonds is 4. The molecular weight excluding hydrogens is 356 g/mol. The predicted octanol–water partition coefficient (Wildman–Crippen LogP) is -4.64. The third-order valence-corrected chi connectivity index (χ3v) is 5.40. The van der Waals surface area contributed by atoms with Crippen LogP contribution < -0.4 is 0 Å². The second-order valence-electron chi connectivity index (χ2n) is 6.85. The normalized spacial score (nSPS) is 54.0. The van der Waals surface area contributed by atoms with E-state index in [1.165, 1.54) is 12.3 Å². The van der Waals surface area contributed by atoms with Crippen LogP contribution in [-0.2, 0) is 14.2 Å². The van der Waals surface area contributed by atoms with E-state index in [-0.39, 0.29) is 0 Å². The minimum Gasteiger partial charge on any atom is -0.472 e. The van der Waals surface area contributed by atoms with Crippen LogP contribution in [0.2, 0.25) is 0 Å². The highest BCUT2D eigenvalue weighted by Crippen LogP contribution is 2.47. The number of hydrogen-bond acceptors (Lipinski definition) is 11. The van der Waals surface area contributed by atoms with Crippen molar-refractivity contribution in [2.75, 3.05) is 13.2 Å². The zero-order chi connectivity index (χ0) is 19.2. The molecule has 26 heavy (non-hydrogen) atoms. The Morgan fingerprint density at radius 1 is 0.923 bits per heavy atom. The van der Waals surface area contributed by atoms with Crippen LogP contribution in [0.15, 0.2) is 12.3 Å². The van der Waals surface area contributed by atoms with Gasteiger partial charge in [-0.2, -0.15) is 0 Å². The molecule has 0 bridgehead atoms. The van der Waals surface area contributed by atoms with Crippen LogP contribution in [0.25, 0.3) is 0 Å². The number of aliphatic hydroxyl groups is 8. The lowest BCUT2D eigenvalue weighted by Gasteiger charge is -2.43. The fourth-order valence-electron chi connectivity index (χ4n) is 3.83. The Morgan fingerprint density at radius 3 is 2.23 bits per heavy atom. The quantitative estimate of drug-likeness (QED) is 0.234. The summed E-state index contributed by atoms with van der Waals surface area (Å²) in [5, 5.41) is 79.2. The summed E-state index contributed by atoms with van der Waals surface area (Å²) in [5.74, 6) is -1.93. The highest BCUT2D eigenvalue weighted by molar-refractivity contribution is 5.16. The minimum atomic E-state index is -2.15. The Kier molecular flexibility index (Phi) is 5.57. The average molecular weight is 380 g/mol. The fraction of sp³-hybridized carbons (Fsp3) is 0.867. The van der Waals surface area contributed by atoms with Gasteiger partial charge >= 0.3 is 0 Å². The third-order valence-electron chi connectivity index (χ3n) is 5.40. The van der Waals surface area contributed by atoms with E-state index in [1.54, 1.807) is 0 Å². The lowest BCUT2D eigenvalue weighted by Crippen LogP contribution is -2.61. The zero-order valence-electron chi connectivity index (χ0n) is 13.6. The minimum absolute atomic E-state index is 0.652. The van der Waals surface area contributed by atoms with E-state index in [4.69, 9.17) is 14.2 Å². The number of ether oxygens (including phenoxy) is 3. The summed E-state index contributed by atoms with van der Waals surface area (Å²) in [6, 6.07) is 0. The van der Waals surface area contributed by atoms with Gasteiger partial charge in [0.05, 0.1) is 31.5 Å². The van der Waals surface area contributed by atoms with E-state index in [0.717, 1.165) is 0 Å². The van der Waals surface area contributed by atoms with Crippen molar-refractivity contribution in [3.8, 4) is 0 Å². The number of aliphatic hydroxyl groups excluding tert-OH is 7. The van der Waals surface area contributed by atoms with Crippen molar-refractivity contribution in [3.05, 3.63) is 12.3 Å². The number of hydrogen-bond donors (Lipinski definition) is 8. The molecule has 8 N–H and O–H groups in total. The van der Waals surface area contributed by atoms with E-state index < -0.39 is 79.9 Å². The van der Waals surface area contributed by atoms with Gasteiger partial charge in [0.2, 0.25) is 6.29 Å². The molecule has 3 aliphatic rings. The maximum Gasteiger partial charge on any atom is 0.208 e. The molecule has 1 aliphatic carbocycles. The van der Waals surface area contributed by atoms with E-state index in [1.807, 2.05) is 0 Å². The van der Waals surface area contributed by atoms with Gasteiger partial charge in [0, 0.05) is 5.92 Å². The second kappa shape index (κ2) is 7.28. The first kappa shape index (κ1) is 19.9. The molecule has 1 saturated carbocycles. The molecule has 2 heterocycles. The molecule has 0 aromatic carbocycles. The molecule has 2 aliphatic heterocycles. The molecule has 11 atom stereocenters. The van der Waals surface area contributed by atoms with Gasteiger partial charge in [-0.05, 0) is 6.08 Å². The zero-order valence-corrected chi connectivity index (χ0v) is 13.6. The Hall–Kier alpha value is -0.860. The van der Waals surface area contributed by atoms with Crippen molar-refractivity contribution in [1.29, 1.82) is 0 Å². The molecule has 11 heteroatoms. The molecule has 2 fully saturated rings. The Bertz CT molecular complexity index is 528. The summed E-state index contributed by atoms with van der Waals surface area (Å²) in [4.78, 5) is 0. The average Bonchev–Trinajstić information content (AvgIpc) is 2.85. The van der Waals surface area contributed by atoms with Gasteiger partial charge in [-0.15, -0.1) is 0 Å². The molecule has 0 amide bonds. The first-order valence-electron chi connectivity index (χ1n) is 8.23. The molecular formula is C15H24O11.